The van der Waals surface area contributed by atoms with Crippen molar-refractivity contribution in [1.29, 1.82) is 0 Å². The van der Waals surface area contributed by atoms with Crippen LogP contribution in [0.1, 0.15) is 42.0 Å². The number of hydrogen-bond donors (Lipinski definition) is 0. The number of carbonyl (C=O) groups is 2. The second-order valence-electron chi connectivity index (χ2n) is 8.75. The average molecular weight is 421 g/mol. The Hall–Kier alpha value is -3.02. The van der Waals surface area contributed by atoms with E-state index < -0.39 is 0 Å². The van der Waals surface area contributed by atoms with E-state index in [1.807, 2.05) is 34.9 Å². The van der Waals surface area contributed by atoms with Crippen LogP contribution in [0, 0.1) is 12.8 Å². The minimum atomic E-state index is -0.268. The van der Waals surface area contributed by atoms with Crippen LogP contribution in [-0.4, -0.2) is 47.9 Å². The van der Waals surface area contributed by atoms with Gasteiger partial charge in [-0.1, -0.05) is 35.9 Å². The number of hydrogen-bond acceptors (Lipinski definition) is 4. The topological polar surface area (TPSA) is 59.1 Å². The summed E-state index contributed by atoms with van der Waals surface area (Å²) in [5.41, 5.74) is 3.38. The van der Waals surface area contributed by atoms with Gasteiger partial charge in [-0.25, -0.2) is 0 Å². The largest absolute Gasteiger partial charge is 0.486 e. The van der Waals surface area contributed by atoms with Gasteiger partial charge in [-0.2, -0.15) is 0 Å². The van der Waals surface area contributed by atoms with Gasteiger partial charge in [0.1, 0.15) is 13.2 Å². The summed E-state index contributed by atoms with van der Waals surface area (Å²) in [7, 11) is 0. The van der Waals surface area contributed by atoms with Crippen LogP contribution in [0.5, 0.6) is 11.5 Å². The molecule has 0 radical (unpaired) electrons. The molecule has 2 aromatic rings. The maximum absolute atomic E-state index is 13.4. The molecular weight excluding hydrogens is 392 g/mol. The normalized spacial score (nSPS) is 22.8. The van der Waals surface area contributed by atoms with Crippen LogP contribution in [0.3, 0.4) is 0 Å². The number of carbonyl (C=O) groups excluding carboxylic acids is 2. The molecule has 3 heterocycles. The number of rotatable bonds is 4. The third-order valence-corrected chi connectivity index (χ3v) is 6.54. The molecule has 2 fully saturated rings. The van der Waals surface area contributed by atoms with Crippen molar-refractivity contribution in [2.24, 2.45) is 5.92 Å². The fraction of sp³-hybridized carbons (Fsp3) is 0.440. The van der Waals surface area contributed by atoms with E-state index in [1.54, 1.807) is 0 Å². The molecule has 0 aromatic heterocycles. The van der Waals surface area contributed by atoms with E-state index in [4.69, 9.17) is 9.47 Å². The zero-order valence-electron chi connectivity index (χ0n) is 17.9. The van der Waals surface area contributed by atoms with Crippen LogP contribution in [-0.2, 0) is 16.1 Å². The molecule has 0 saturated carbocycles. The van der Waals surface area contributed by atoms with Crippen LogP contribution in [0.15, 0.2) is 42.5 Å². The molecule has 0 bridgehead atoms. The van der Waals surface area contributed by atoms with E-state index in [9.17, 15) is 9.59 Å². The van der Waals surface area contributed by atoms with Crippen molar-refractivity contribution < 1.29 is 19.1 Å². The summed E-state index contributed by atoms with van der Waals surface area (Å²) in [4.78, 5) is 29.8. The molecule has 0 aliphatic carbocycles. The molecule has 2 aromatic carbocycles. The summed E-state index contributed by atoms with van der Waals surface area (Å²) in [6.45, 7) is 4.96. The molecule has 2 saturated heterocycles. The molecular formula is C25H28N2O4. The van der Waals surface area contributed by atoms with Gasteiger partial charge in [-0.05, 0) is 43.0 Å². The van der Waals surface area contributed by atoms with E-state index >= 15 is 0 Å². The van der Waals surface area contributed by atoms with Crippen molar-refractivity contribution in [3.05, 3.63) is 59.2 Å². The maximum atomic E-state index is 13.4. The molecule has 162 valence electrons. The van der Waals surface area contributed by atoms with Crippen molar-refractivity contribution in [2.45, 2.75) is 38.8 Å². The molecule has 3 aliphatic heterocycles. The molecule has 0 N–H and O–H groups in total. The number of amides is 2. The fourth-order valence-electron chi connectivity index (χ4n) is 4.88. The Morgan fingerprint density at radius 3 is 2.65 bits per heavy atom. The number of benzene rings is 2. The molecule has 0 spiro atoms. The van der Waals surface area contributed by atoms with Gasteiger partial charge in [-0.3, -0.25) is 9.59 Å². The first kappa shape index (κ1) is 19.9. The minimum Gasteiger partial charge on any atom is -0.486 e. The lowest BCUT2D eigenvalue weighted by atomic mass is 10.0. The Kier molecular flexibility index (Phi) is 5.30. The van der Waals surface area contributed by atoms with Gasteiger partial charge in [0.25, 0.3) is 0 Å². The predicted octanol–water partition coefficient (Wildman–Crippen LogP) is 3.48. The van der Waals surface area contributed by atoms with Gasteiger partial charge in [-0.15, -0.1) is 0 Å². The van der Waals surface area contributed by atoms with Crippen molar-refractivity contribution in [3.8, 4) is 11.5 Å². The third kappa shape index (κ3) is 3.99. The number of nitrogens with zero attached hydrogens (tertiary/aromatic N) is 2. The standard InChI is InChI=1S/C25H28N2O4/c1-17-4-6-18(7-5-17)15-26-16-20(14-24(26)28)25(29)27-10-2-3-21(27)19-8-9-22-23(13-19)31-12-11-30-22/h4-9,13,20-21H,2-3,10-12,14-16H2,1H3. The van der Waals surface area contributed by atoms with Gasteiger partial charge in [0.15, 0.2) is 11.5 Å². The van der Waals surface area contributed by atoms with Crippen LogP contribution in [0.2, 0.25) is 0 Å². The van der Waals surface area contributed by atoms with E-state index in [0.29, 0.717) is 32.7 Å². The maximum Gasteiger partial charge on any atom is 0.228 e. The van der Waals surface area contributed by atoms with Crippen molar-refractivity contribution >= 4 is 11.8 Å². The highest BCUT2D eigenvalue weighted by Crippen LogP contribution is 2.39. The Morgan fingerprint density at radius 1 is 1.06 bits per heavy atom. The Balaban J connectivity index is 1.28. The zero-order valence-corrected chi connectivity index (χ0v) is 17.9. The number of likely N-dealkylation sites (tertiary alicyclic amines) is 2. The molecule has 6 nitrogen and oxygen atoms in total. The lowest BCUT2D eigenvalue weighted by molar-refractivity contribution is -0.136. The molecule has 2 amide bonds. The zero-order chi connectivity index (χ0) is 21.4. The highest BCUT2D eigenvalue weighted by Gasteiger charge is 2.40. The van der Waals surface area contributed by atoms with Crippen LogP contribution in [0.4, 0.5) is 0 Å². The highest BCUT2D eigenvalue weighted by molar-refractivity contribution is 5.89. The lowest BCUT2D eigenvalue weighted by Crippen LogP contribution is -2.37. The quantitative estimate of drug-likeness (QED) is 0.760. The fourth-order valence-corrected chi connectivity index (χ4v) is 4.88. The molecule has 3 aliphatic rings. The summed E-state index contributed by atoms with van der Waals surface area (Å²) in [6.07, 6.45) is 2.20. The molecule has 2 unspecified atom stereocenters. The second-order valence-corrected chi connectivity index (χ2v) is 8.75. The highest BCUT2D eigenvalue weighted by atomic mass is 16.6. The van der Waals surface area contributed by atoms with E-state index in [0.717, 1.165) is 42.0 Å². The first-order valence-corrected chi connectivity index (χ1v) is 11.1. The van der Waals surface area contributed by atoms with Crippen molar-refractivity contribution in [2.75, 3.05) is 26.3 Å². The second kappa shape index (κ2) is 8.25. The Bertz CT molecular complexity index is 988. The van der Waals surface area contributed by atoms with Crippen LogP contribution >= 0.6 is 0 Å². The smallest absolute Gasteiger partial charge is 0.228 e. The Morgan fingerprint density at radius 2 is 1.84 bits per heavy atom. The van der Waals surface area contributed by atoms with Crippen molar-refractivity contribution in [1.82, 2.24) is 9.80 Å². The summed E-state index contributed by atoms with van der Waals surface area (Å²) in [5, 5.41) is 0. The number of ether oxygens (including phenoxy) is 2. The molecule has 5 rings (SSSR count). The number of fused-ring (bicyclic) bond motifs is 1. The van der Waals surface area contributed by atoms with Crippen molar-refractivity contribution in [3.63, 3.8) is 0 Å². The van der Waals surface area contributed by atoms with Gasteiger partial charge in [0.2, 0.25) is 11.8 Å². The van der Waals surface area contributed by atoms with Crippen LogP contribution in [0.25, 0.3) is 0 Å². The van der Waals surface area contributed by atoms with Crippen LogP contribution < -0.4 is 9.47 Å². The number of aryl methyl sites for hydroxylation is 1. The summed E-state index contributed by atoms with van der Waals surface area (Å²) < 4.78 is 11.4. The molecule has 2 atom stereocenters. The first-order valence-electron chi connectivity index (χ1n) is 11.1. The minimum absolute atomic E-state index is 0.0320. The molecule has 31 heavy (non-hydrogen) atoms. The summed E-state index contributed by atoms with van der Waals surface area (Å²) in [6, 6.07) is 14.2. The van der Waals surface area contributed by atoms with E-state index in [1.165, 1.54) is 5.56 Å². The van der Waals surface area contributed by atoms with Gasteiger partial charge in [0.05, 0.1) is 12.0 Å². The predicted molar refractivity (Wildman–Crippen MR) is 116 cm³/mol. The van der Waals surface area contributed by atoms with Gasteiger partial charge >= 0.3 is 0 Å². The lowest BCUT2D eigenvalue weighted by Gasteiger charge is -2.28. The monoisotopic (exact) mass is 420 g/mol. The SMILES string of the molecule is Cc1ccc(CN2CC(C(=O)N3CCCC3c3ccc4c(c3)OCCO4)CC2=O)cc1. The Labute approximate surface area is 182 Å². The van der Waals surface area contributed by atoms with E-state index in [2.05, 4.69) is 24.3 Å². The third-order valence-electron chi connectivity index (χ3n) is 6.54. The van der Waals surface area contributed by atoms with Gasteiger partial charge < -0.3 is 19.3 Å². The average Bonchev–Trinajstić information content (AvgIpc) is 3.42. The summed E-state index contributed by atoms with van der Waals surface area (Å²) in [5.74, 6) is 1.41. The van der Waals surface area contributed by atoms with E-state index in [-0.39, 0.29) is 23.8 Å². The first-order chi connectivity index (χ1) is 15.1. The summed E-state index contributed by atoms with van der Waals surface area (Å²) >= 11 is 0. The van der Waals surface area contributed by atoms with Gasteiger partial charge in [0, 0.05) is 26.1 Å². The molecule has 6 heteroatoms.